The number of hydrogen-bond donors (Lipinski definition) is 2. The van der Waals surface area contributed by atoms with Crippen molar-refractivity contribution in [3.63, 3.8) is 0 Å². The molecule has 9 heteroatoms. The minimum Gasteiger partial charge on any atom is -0.354 e. The second kappa shape index (κ2) is 17.9. The third-order valence-electron chi connectivity index (χ3n) is 7.76. The van der Waals surface area contributed by atoms with E-state index in [1.165, 1.54) is 14.7 Å². The van der Waals surface area contributed by atoms with Crippen LogP contribution in [0.1, 0.15) is 73.3 Å². The maximum absolute atomic E-state index is 14.1. The lowest BCUT2D eigenvalue weighted by Gasteiger charge is -2.39. The fraction of sp³-hybridized carbons (Fsp3) is 0.697. The van der Waals surface area contributed by atoms with Crippen LogP contribution in [0, 0.1) is 17.8 Å². The number of amides is 4. The molecule has 0 fully saturated rings. The van der Waals surface area contributed by atoms with Crippen LogP contribution in [0.3, 0.4) is 0 Å². The topological polar surface area (TPSA) is 102 Å². The normalized spacial score (nSPS) is 14.3. The molecule has 0 heterocycles. The molecule has 9 nitrogen and oxygen atoms in total. The maximum Gasteiger partial charge on any atom is 0.245 e. The molecule has 0 saturated carbocycles. The third kappa shape index (κ3) is 11.4. The predicted molar refractivity (Wildman–Crippen MR) is 170 cm³/mol. The van der Waals surface area contributed by atoms with Gasteiger partial charge in [0.2, 0.25) is 23.6 Å². The number of likely N-dealkylation sites (N-methyl/N-ethyl adjacent to an activating group) is 4. The van der Waals surface area contributed by atoms with Gasteiger partial charge in [-0.1, -0.05) is 71.9 Å². The first-order valence-corrected chi connectivity index (χ1v) is 15.4. The lowest BCUT2D eigenvalue weighted by Crippen LogP contribution is -2.59. The highest BCUT2D eigenvalue weighted by Gasteiger charge is 2.39. The zero-order valence-corrected chi connectivity index (χ0v) is 27.9. The molecular weight excluding hydrogens is 530 g/mol. The van der Waals surface area contributed by atoms with E-state index < -0.39 is 24.2 Å². The summed E-state index contributed by atoms with van der Waals surface area (Å²) in [6, 6.07) is 7.35. The van der Waals surface area contributed by atoms with Gasteiger partial charge in [-0.2, -0.15) is 0 Å². The first kappa shape index (κ1) is 37.1. The van der Waals surface area contributed by atoms with Crippen molar-refractivity contribution in [1.29, 1.82) is 0 Å². The fourth-order valence-corrected chi connectivity index (χ4v) is 5.08. The van der Waals surface area contributed by atoms with Crippen LogP contribution in [0.4, 0.5) is 0 Å². The van der Waals surface area contributed by atoms with Gasteiger partial charge in [0.15, 0.2) is 0 Å². The van der Waals surface area contributed by atoms with Crippen LogP contribution in [-0.2, 0) is 25.6 Å². The highest BCUT2D eigenvalue weighted by Crippen LogP contribution is 2.21. The molecule has 1 aromatic rings. The smallest absolute Gasteiger partial charge is 0.245 e. The molecular formula is C33H57N5O4. The van der Waals surface area contributed by atoms with E-state index in [9.17, 15) is 19.2 Å². The highest BCUT2D eigenvalue weighted by molar-refractivity contribution is 5.94. The summed E-state index contributed by atoms with van der Waals surface area (Å²) >= 11 is 0. The first-order valence-electron chi connectivity index (χ1n) is 15.4. The molecule has 0 bridgehead atoms. The molecule has 0 aliphatic carbocycles. The third-order valence-corrected chi connectivity index (χ3v) is 7.76. The lowest BCUT2D eigenvalue weighted by atomic mass is 9.96. The molecule has 2 N–H and O–H groups in total. The van der Waals surface area contributed by atoms with Gasteiger partial charge in [0, 0.05) is 27.7 Å². The van der Waals surface area contributed by atoms with Crippen molar-refractivity contribution >= 4 is 23.6 Å². The predicted octanol–water partition coefficient (Wildman–Crippen LogP) is 3.57. The first-order chi connectivity index (χ1) is 19.6. The van der Waals surface area contributed by atoms with Gasteiger partial charge in [-0.05, 0) is 63.0 Å². The maximum atomic E-state index is 14.1. The largest absolute Gasteiger partial charge is 0.354 e. The number of nitrogens with one attached hydrogen (secondary N) is 2. The van der Waals surface area contributed by atoms with Gasteiger partial charge in [-0.15, -0.1) is 0 Å². The van der Waals surface area contributed by atoms with Crippen molar-refractivity contribution in [2.75, 3.05) is 34.7 Å². The van der Waals surface area contributed by atoms with E-state index >= 15 is 0 Å². The molecule has 0 aliphatic rings. The molecule has 0 unspecified atom stereocenters. The Morgan fingerprint density at radius 3 is 1.48 bits per heavy atom. The Kier molecular flexibility index (Phi) is 15.8. The lowest BCUT2D eigenvalue weighted by molar-refractivity contribution is -0.153. The van der Waals surface area contributed by atoms with Crippen molar-refractivity contribution in [2.24, 2.45) is 17.8 Å². The number of carbonyl (C=O) groups excluding carboxylic acids is 4. The van der Waals surface area contributed by atoms with Crippen LogP contribution in [0.2, 0.25) is 0 Å². The van der Waals surface area contributed by atoms with Gasteiger partial charge in [0.25, 0.3) is 0 Å². The molecule has 42 heavy (non-hydrogen) atoms. The van der Waals surface area contributed by atoms with E-state index in [-0.39, 0.29) is 41.4 Å². The molecule has 238 valence electrons. The second-order valence-corrected chi connectivity index (χ2v) is 12.8. The molecule has 0 spiro atoms. The minimum absolute atomic E-state index is 0.123. The highest BCUT2D eigenvalue weighted by atomic mass is 16.2. The van der Waals surface area contributed by atoms with Gasteiger partial charge < -0.3 is 25.3 Å². The Balaban J connectivity index is 3.24. The summed E-state index contributed by atoms with van der Waals surface area (Å²) in [6.07, 6.45) is 2.11. The summed E-state index contributed by atoms with van der Waals surface area (Å²) in [5.74, 6) is -0.471. The number of hydrogen-bond acceptors (Lipinski definition) is 5. The Morgan fingerprint density at radius 2 is 1.05 bits per heavy atom. The Labute approximate surface area is 254 Å². The second-order valence-electron chi connectivity index (χ2n) is 12.8. The van der Waals surface area contributed by atoms with Crippen molar-refractivity contribution in [1.82, 2.24) is 25.3 Å². The van der Waals surface area contributed by atoms with Gasteiger partial charge in [0.05, 0.1) is 6.04 Å². The zero-order valence-electron chi connectivity index (χ0n) is 27.9. The number of carbonyl (C=O) groups is 4. The Hall–Kier alpha value is -2.94. The van der Waals surface area contributed by atoms with Crippen molar-refractivity contribution < 1.29 is 19.2 Å². The van der Waals surface area contributed by atoms with Crippen LogP contribution in [0.15, 0.2) is 30.3 Å². The SMILES string of the molecule is CN[C@@H](C)C(=O)N(C)[C@@H](CC(C)C)C(=O)N(C)[C@@H](CC(C)C)C(=O)N(C)[C@@H](CC(C)C)C(=O)NCCc1ccccc1. The summed E-state index contributed by atoms with van der Waals surface area (Å²) < 4.78 is 0. The van der Waals surface area contributed by atoms with E-state index in [1.54, 1.807) is 35.1 Å². The number of benzene rings is 1. The molecule has 0 saturated heterocycles. The van der Waals surface area contributed by atoms with E-state index in [0.29, 0.717) is 32.2 Å². The molecule has 1 rings (SSSR count). The summed E-state index contributed by atoms with van der Waals surface area (Å²) in [6.45, 7) is 14.3. The monoisotopic (exact) mass is 587 g/mol. The molecule has 1 aromatic carbocycles. The Bertz CT molecular complexity index is 997. The Morgan fingerprint density at radius 1 is 0.643 bits per heavy atom. The molecule has 4 atom stereocenters. The van der Waals surface area contributed by atoms with E-state index in [2.05, 4.69) is 10.6 Å². The molecule has 0 aromatic heterocycles. The van der Waals surface area contributed by atoms with E-state index in [0.717, 1.165) is 5.56 Å². The van der Waals surface area contributed by atoms with Crippen LogP contribution in [0.5, 0.6) is 0 Å². The molecule has 0 radical (unpaired) electrons. The van der Waals surface area contributed by atoms with Crippen molar-refractivity contribution in [3.05, 3.63) is 35.9 Å². The summed E-state index contributed by atoms with van der Waals surface area (Å²) in [7, 11) is 6.67. The fourth-order valence-electron chi connectivity index (χ4n) is 5.08. The van der Waals surface area contributed by atoms with Crippen molar-refractivity contribution in [3.8, 4) is 0 Å². The van der Waals surface area contributed by atoms with Gasteiger partial charge in [-0.25, -0.2) is 0 Å². The quantitative estimate of drug-likeness (QED) is 0.290. The summed E-state index contributed by atoms with van der Waals surface area (Å²) in [4.78, 5) is 59.1. The summed E-state index contributed by atoms with van der Waals surface area (Å²) in [5.41, 5.74) is 1.13. The van der Waals surface area contributed by atoms with Crippen molar-refractivity contribution in [2.45, 2.75) is 98.3 Å². The minimum atomic E-state index is -0.769. The van der Waals surface area contributed by atoms with Crippen LogP contribution < -0.4 is 10.6 Å². The molecule has 4 amide bonds. The average Bonchev–Trinajstić information content (AvgIpc) is 2.94. The van der Waals surface area contributed by atoms with Gasteiger partial charge in [0.1, 0.15) is 18.1 Å². The van der Waals surface area contributed by atoms with Crippen LogP contribution in [-0.4, -0.2) is 97.2 Å². The number of rotatable bonds is 17. The standard InChI is InChI=1S/C33H57N5O4/c1-22(2)19-27(30(39)35-18-17-26-15-13-12-14-16-26)36(9)32(41)29(21-24(5)6)38(11)33(42)28(20-23(3)4)37(10)31(40)25(7)34-8/h12-16,22-25,27-29,34H,17-21H2,1-11H3,(H,35,39)/t25-,27-,28-,29-/m0/s1. The van der Waals surface area contributed by atoms with Crippen LogP contribution in [0.25, 0.3) is 0 Å². The molecule has 0 aliphatic heterocycles. The van der Waals surface area contributed by atoms with Gasteiger partial charge >= 0.3 is 0 Å². The van der Waals surface area contributed by atoms with Gasteiger partial charge in [-0.3, -0.25) is 19.2 Å². The average molecular weight is 588 g/mol. The van der Waals surface area contributed by atoms with Crippen LogP contribution >= 0.6 is 0 Å². The van der Waals surface area contributed by atoms with E-state index in [4.69, 9.17) is 0 Å². The zero-order chi connectivity index (χ0) is 32.1. The van der Waals surface area contributed by atoms with E-state index in [1.807, 2.05) is 71.9 Å². The summed E-state index contributed by atoms with van der Waals surface area (Å²) in [5, 5.41) is 5.98. The number of nitrogens with zero attached hydrogens (tertiary/aromatic N) is 3.